The zero-order valence-electron chi connectivity index (χ0n) is 7.79. The van der Waals surface area contributed by atoms with Crippen molar-refractivity contribution < 1.29 is 0 Å². The maximum atomic E-state index is 5.80. The molecule has 4 heteroatoms. The largest absolute Gasteiger partial charge is 0.366 e. The summed E-state index contributed by atoms with van der Waals surface area (Å²) in [6, 6.07) is 2.72. The van der Waals surface area contributed by atoms with Gasteiger partial charge in [-0.05, 0) is 34.8 Å². The van der Waals surface area contributed by atoms with E-state index < -0.39 is 0 Å². The van der Waals surface area contributed by atoms with Gasteiger partial charge >= 0.3 is 0 Å². The molecule has 1 saturated carbocycles. The molecule has 1 fully saturated rings. The molecule has 0 spiro atoms. The Morgan fingerprint density at radius 3 is 2.93 bits per heavy atom. The van der Waals surface area contributed by atoms with Gasteiger partial charge in [0.15, 0.2) is 0 Å². The number of pyridine rings is 1. The fourth-order valence-corrected chi connectivity index (χ4v) is 2.24. The number of rotatable bonds is 4. The Balaban J connectivity index is 2.21. The summed E-state index contributed by atoms with van der Waals surface area (Å²) in [7, 11) is 0. The lowest BCUT2D eigenvalue weighted by Crippen LogP contribution is -2.28. The van der Waals surface area contributed by atoms with Crippen molar-refractivity contribution in [2.24, 2.45) is 0 Å². The predicted molar refractivity (Wildman–Crippen MR) is 63.0 cm³/mol. The molecule has 2 nitrogen and oxygen atoms in total. The fraction of sp³-hybridized carbons (Fsp3) is 0.500. The molecule has 76 valence electrons. The van der Waals surface area contributed by atoms with Gasteiger partial charge in [-0.25, -0.2) is 0 Å². The van der Waals surface area contributed by atoms with Gasteiger partial charge in [-0.3, -0.25) is 4.98 Å². The second kappa shape index (κ2) is 4.49. The predicted octanol–water partition coefficient (Wildman–Crippen LogP) is 3.05. The number of nitrogens with zero attached hydrogens (tertiary/aromatic N) is 2. The van der Waals surface area contributed by atoms with Crippen LogP contribution < -0.4 is 4.90 Å². The van der Waals surface area contributed by atoms with E-state index in [1.54, 1.807) is 0 Å². The molecule has 14 heavy (non-hydrogen) atoms. The van der Waals surface area contributed by atoms with Gasteiger partial charge in [0.2, 0.25) is 0 Å². The standard InChI is InChI=1S/C10H12BrClN2/c11-9-7-13-5-3-10(9)14(6-4-12)8-1-2-8/h3,5,7-8H,1-2,4,6H2. The van der Waals surface area contributed by atoms with E-state index in [9.17, 15) is 0 Å². The minimum atomic E-state index is 0.672. The Bertz CT molecular complexity index is 315. The molecule has 0 aliphatic heterocycles. The van der Waals surface area contributed by atoms with Crippen molar-refractivity contribution in [3.05, 3.63) is 22.9 Å². The minimum Gasteiger partial charge on any atom is -0.366 e. The molecule has 1 aromatic rings. The third-order valence-electron chi connectivity index (χ3n) is 2.37. The van der Waals surface area contributed by atoms with Crippen LogP contribution in [-0.4, -0.2) is 23.5 Å². The average molecular weight is 276 g/mol. The lowest BCUT2D eigenvalue weighted by Gasteiger charge is -2.24. The van der Waals surface area contributed by atoms with Crippen molar-refractivity contribution >= 4 is 33.2 Å². The molecule has 0 radical (unpaired) electrons. The lowest BCUT2D eigenvalue weighted by molar-refractivity contribution is 0.826. The minimum absolute atomic E-state index is 0.672. The smallest absolute Gasteiger partial charge is 0.0592 e. The van der Waals surface area contributed by atoms with Crippen LogP contribution in [0.1, 0.15) is 12.8 Å². The molecule has 0 N–H and O–H groups in total. The van der Waals surface area contributed by atoms with Gasteiger partial charge < -0.3 is 4.90 Å². The average Bonchev–Trinajstić information content (AvgIpc) is 2.99. The highest BCUT2D eigenvalue weighted by Crippen LogP contribution is 2.34. The van der Waals surface area contributed by atoms with Gasteiger partial charge in [0, 0.05) is 30.9 Å². The molecule has 0 aromatic carbocycles. The maximum absolute atomic E-state index is 5.80. The van der Waals surface area contributed by atoms with Crippen molar-refractivity contribution in [1.29, 1.82) is 0 Å². The summed E-state index contributed by atoms with van der Waals surface area (Å²) >= 11 is 9.31. The van der Waals surface area contributed by atoms with Gasteiger partial charge in [0.05, 0.1) is 10.2 Å². The number of hydrogen-bond donors (Lipinski definition) is 0. The highest BCUT2D eigenvalue weighted by molar-refractivity contribution is 9.10. The van der Waals surface area contributed by atoms with Crippen molar-refractivity contribution in [2.75, 3.05) is 17.3 Å². The second-order valence-corrected chi connectivity index (χ2v) is 4.67. The Morgan fingerprint density at radius 2 is 2.36 bits per heavy atom. The van der Waals surface area contributed by atoms with Crippen molar-refractivity contribution in [2.45, 2.75) is 18.9 Å². The molecule has 0 bridgehead atoms. The molecule has 2 rings (SSSR count). The first-order valence-electron chi connectivity index (χ1n) is 4.75. The van der Waals surface area contributed by atoms with Crippen LogP contribution in [0.5, 0.6) is 0 Å². The van der Waals surface area contributed by atoms with E-state index >= 15 is 0 Å². The van der Waals surface area contributed by atoms with Crippen LogP contribution in [0.3, 0.4) is 0 Å². The van der Waals surface area contributed by atoms with E-state index in [1.165, 1.54) is 18.5 Å². The van der Waals surface area contributed by atoms with Crippen LogP contribution in [0.15, 0.2) is 22.9 Å². The van der Waals surface area contributed by atoms with Crippen molar-refractivity contribution in [3.63, 3.8) is 0 Å². The van der Waals surface area contributed by atoms with Gasteiger partial charge in [0.25, 0.3) is 0 Å². The van der Waals surface area contributed by atoms with Gasteiger partial charge in [-0.15, -0.1) is 11.6 Å². The lowest BCUT2D eigenvalue weighted by atomic mass is 10.3. The van der Waals surface area contributed by atoms with Crippen LogP contribution in [0, 0.1) is 0 Å². The summed E-state index contributed by atoms with van der Waals surface area (Å²) < 4.78 is 1.05. The van der Waals surface area contributed by atoms with Gasteiger partial charge in [0.1, 0.15) is 0 Å². The van der Waals surface area contributed by atoms with E-state index in [0.717, 1.165) is 11.0 Å². The normalized spacial score (nSPS) is 15.6. The summed E-state index contributed by atoms with van der Waals surface area (Å²) in [6.45, 7) is 0.912. The number of anilines is 1. The fourth-order valence-electron chi connectivity index (χ4n) is 1.58. The van der Waals surface area contributed by atoms with Crippen molar-refractivity contribution in [3.8, 4) is 0 Å². The summed E-state index contributed by atoms with van der Waals surface area (Å²) in [5.41, 5.74) is 1.21. The summed E-state index contributed by atoms with van der Waals surface area (Å²) in [6.07, 6.45) is 6.22. The quantitative estimate of drug-likeness (QED) is 0.785. The van der Waals surface area contributed by atoms with E-state index in [2.05, 4.69) is 25.8 Å². The molecule has 0 amide bonds. The Kier molecular flexibility index (Phi) is 3.29. The maximum Gasteiger partial charge on any atom is 0.0592 e. The SMILES string of the molecule is ClCCN(c1ccncc1Br)C1CC1. The molecule has 1 aromatic heterocycles. The van der Waals surface area contributed by atoms with Crippen LogP contribution in [0.4, 0.5) is 5.69 Å². The zero-order valence-corrected chi connectivity index (χ0v) is 10.1. The molecule has 0 atom stereocenters. The van der Waals surface area contributed by atoms with E-state index in [0.29, 0.717) is 11.9 Å². The van der Waals surface area contributed by atoms with E-state index in [1.807, 2.05) is 18.5 Å². The van der Waals surface area contributed by atoms with E-state index in [-0.39, 0.29) is 0 Å². The Labute approximate surface area is 97.4 Å². The summed E-state index contributed by atoms with van der Waals surface area (Å²) in [4.78, 5) is 6.42. The Morgan fingerprint density at radius 1 is 1.57 bits per heavy atom. The Hall–Kier alpha value is -0.280. The first-order valence-corrected chi connectivity index (χ1v) is 6.08. The third kappa shape index (κ3) is 2.20. The molecule has 1 aliphatic rings. The highest BCUT2D eigenvalue weighted by Gasteiger charge is 2.29. The van der Waals surface area contributed by atoms with Gasteiger partial charge in [-0.2, -0.15) is 0 Å². The molecule has 0 saturated heterocycles. The van der Waals surface area contributed by atoms with Crippen LogP contribution in [0.2, 0.25) is 0 Å². The van der Waals surface area contributed by atoms with Gasteiger partial charge in [-0.1, -0.05) is 0 Å². The van der Waals surface area contributed by atoms with Crippen molar-refractivity contribution in [1.82, 2.24) is 4.98 Å². The molecule has 0 unspecified atom stereocenters. The molecule has 1 aliphatic carbocycles. The summed E-state index contributed by atoms with van der Waals surface area (Å²) in [5.74, 6) is 0.672. The monoisotopic (exact) mass is 274 g/mol. The molecular weight excluding hydrogens is 263 g/mol. The number of alkyl halides is 1. The highest BCUT2D eigenvalue weighted by atomic mass is 79.9. The van der Waals surface area contributed by atoms with Crippen LogP contribution >= 0.6 is 27.5 Å². The number of halogens is 2. The summed E-state index contributed by atoms with van der Waals surface area (Å²) in [5, 5.41) is 0. The zero-order chi connectivity index (χ0) is 9.97. The number of hydrogen-bond acceptors (Lipinski definition) is 2. The molecular formula is C10H12BrClN2. The van der Waals surface area contributed by atoms with E-state index in [4.69, 9.17) is 11.6 Å². The molecule has 1 heterocycles. The first kappa shape index (κ1) is 10.2. The number of aromatic nitrogens is 1. The third-order valence-corrected chi connectivity index (χ3v) is 3.15. The second-order valence-electron chi connectivity index (χ2n) is 3.44. The topological polar surface area (TPSA) is 16.1 Å². The van der Waals surface area contributed by atoms with Crippen LogP contribution in [-0.2, 0) is 0 Å². The van der Waals surface area contributed by atoms with Crippen LogP contribution in [0.25, 0.3) is 0 Å². The first-order chi connectivity index (χ1) is 6.83.